The van der Waals surface area contributed by atoms with E-state index in [2.05, 4.69) is 45.4 Å². The van der Waals surface area contributed by atoms with Gasteiger partial charge in [-0.3, -0.25) is 9.59 Å². The summed E-state index contributed by atoms with van der Waals surface area (Å²) in [6.07, 6.45) is 3.27. The van der Waals surface area contributed by atoms with Crippen LogP contribution in [-0.2, 0) is 9.59 Å². The summed E-state index contributed by atoms with van der Waals surface area (Å²) in [6.45, 7) is 6.23. The fourth-order valence-electron chi connectivity index (χ4n) is 4.78. The molecular formula is C28H25ClN8O2. The SMILES string of the molecule is Cc1cc(NC(=O)C2CC(=O)N(c3ccc(Cl)cc3)C2)n(-c2ncnc3c2cnn3-c2ccc(C)c(C)c2)n1. The van der Waals surface area contributed by atoms with E-state index >= 15 is 0 Å². The van der Waals surface area contributed by atoms with Gasteiger partial charge in [0.25, 0.3) is 0 Å². The number of aryl methyl sites for hydroxylation is 3. The molecule has 1 saturated heterocycles. The molecule has 1 N–H and O–H groups in total. The molecule has 1 unspecified atom stereocenters. The molecule has 0 saturated carbocycles. The Labute approximate surface area is 229 Å². The van der Waals surface area contributed by atoms with Gasteiger partial charge in [-0.2, -0.15) is 14.9 Å². The molecule has 1 aliphatic heterocycles. The number of aromatic nitrogens is 6. The van der Waals surface area contributed by atoms with Crippen LogP contribution in [0.1, 0.15) is 23.2 Å². The summed E-state index contributed by atoms with van der Waals surface area (Å²) < 4.78 is 3.34. The highest BCUT2D eigenvalue weighted by Crippen LogP contribution is 2.29. The van der Waals surface area contributed by atoms with Gasteiger partial charge in [-0.05, 0) is 68.3 Å². The minimum Gasteiger partial charge on any atom is -0.312 e. The van der Waals surface area contributed by atoms with Gasteiger partial charge in [0, 0.05) is 29.7 Å². The smallest absolute Gasteiger partial charge is 0.230 e. The summed E-state index contributed by atoms with van der Waals surface area (Å²) in [6, 6.07) is 14.9. The number of carbonyl (C=O) groups is 2. The first-order chi connectivity index (χ1) is 18.8. The van der Waals surface area contributed by atoms with Gasteiger partial charge in [0.15, 0.2) is 11.5 Å². The number of halogens is 1. The Kier molecular flexibility index (Phi) is 6.11. The van der Waals surface area contributed by atoms with E-state index in [0.29, 0.717) is 39.1 Å². The maximum Gasteiger partial charge on any atom is 0.230 e. The average molecular weight is 541 g/mol. The predicted molar refractivity (Wildman–Crippen MR) is 149 cm³/mol. The minimum atomic E-state index is -0.519. The highest BCUT2D eigenvalue weighted by molar-refractivity contribution is 6.30. The lowest BCUT2D eigenvalue weighted by atomic mass is 10.1. The number of hydrogen-bond acceptors (Lipinski definition) is 6. The first-order valence-electron chi connectivity index (χ1n) is 12.5. The van der Waals surface area contributed by atoms with Crippen LogP contribution in [0.5, 0.6) is 0 Å². The van der Waals surface area contributed by atoms with E-state index in [4.69, 9.17) is 11.6 Å². The lowest BCUT2D eigenvalue weighted by Crippen LogP contribution is -2.28. The molecule has 0 bridgehead atoms. The molecule has 2 aromatic carbocycles. The van der Waals surface area contributed by atoms with Crippen LogP contribution < -0.4 is 10.2 Å². The number of carbonyl (C=O) groups excluding carboxylic acids is 2. The molecular weight excluding hydrogens is 516 g/mol. The van der Waals surface area contributed by atoms with Crippen molar-refractivity contribution in [2.45, 2.75) is 27.2 Å². The van der Waals surface area contributed by atoms with Crippen molar-refractivity contribution < 1.29 is 9.59 Å². The van der Waals surface area contributed by atoms with Gasteiger partial charge in [-0.25, -0.2) is 14.6 Å². The summed E-state index contributed by atoms with van der Waals surface area (Å²) in [5, 5.41) is 13.4. The molecule has 1 atom stereocenters. The molecule has 6 rings (SSSR count). The second-order valence-corrected chi connectivity index (χ2v) is 10.1. The fourth-order valence-corrected chi connectivity index (χ4v) is 4.90. The quantitative estimate of drug-likeness (QED) is 0.349. The Hall–Kier alpha value is -4.57. The first kappa shape index (κ1) is 24.7. The van der Waals surface area contributed by atoms with Gasteiger partial charge in [-0.1, -0.05) is 17.7 Å². The number of hydrogen-bond donors (Lipinski definition) is 1. The molecule has 2 amide bonds. The summed E-state index contributed by atoms with van der Waals surface area (Å²) in [5.74, 6) is 0.0443. The molecule has 11 heteroatoms. The largest absolute Gasteiger partial charge is 0.312 e. The van der Waals surface area contributed by atoms with E-state index in [9.17, 15) is 9.59 Å². The molecule has 10 nitrogen and oxygen atoms in total. The molecule has 1 aliphatic rings. The summed E-state index contributed by atoms with van der Waals surface area (Å²) in [5.41, 5.74) is 5.26. The molecule has 1 fully saturated rings. The lowest BCUT2D eigenvalue weighted by Gasteiger charge is -2.17. The third-order valence-corrected chi connectivity index (χ3v) is 7.25. The van der Waals surface area contributed by atoms with Crippen LogP contribution in [0.25, 0.3) is 22.5 Å². The monoisotopic (exact) mass is 540 g/mol. The topological polar surface area (TPSA) is 111 Å². The van der Waals surface area contributed by atoms with E-state index in [0.717, 1.165) is 11.3 Å². The third kappa shape index (κ3) is 4.52. The number of nitrogens with one attached hydrogen (secondary N) is 1. The number of amides is 2. The number of nitrogens with zero attached hydrogens (tertiary/aromatic N) is 7. The van der Waals surface area contributed by atoms with Gasteiger partial charge in [0.05, 0.1) is 28.9 Å². The maximum absolute atomic E-state index is 13.3. The van der Waals surface area contributed by atoms with Crippen LogP contribution in [0, 0.1) is 26.7 Å². The number of anilines is 2. The normalized spacial score (nSPS) is 15.3. The van der Waals surface area contributed by atoms with Gasteiger partial charge < -0.3 is 10.2 Å². The Morgan fingerprint density at radius 3 is 2.51 bits per heavy atom. The second kappa shape index (κ2) is 9.63. The Morgan fingerprint density at radius 1 is 0.974 bits per heavy atom. The maximum atomic E-state index is 13.3. The standard InChI is InChI=1S/C28H25ClN8O2/c1-16-4-7-22(10-17(16)2)36-26-23(13-32-36)27(31-15-30-26)37-24(11-18(3)34-37)33-28(39)19-12-25(38)35(14-19)21-8-5-20(29)6-9-21/h4-11,13,15,19H,12,14H2,1-3H3,(H,33,39). The minimum absolute atomic E-state index is 0.113. The third-order valence-electron chi connectivity index (χ3n) is 7.00. The fraction of sp³-hybridized carbons (Fsp3) is 0.214. The van der Waals surface area contributed by atoms with Crippen molar-refractivity contribution in [1.29, 1.82) is 0 Å². The molecule has 39 heavy (non-hydrogen) atoms. The summed E-state index contributed by atoms with van der Waals surface area (Å²) >= 11 is 5.98. The molecule has 0 spiro atoms. The van der Waals surface area contributed by atoms with Gasteiger partial charge in [0.1, 0.15) is 12.1 Å². The van der Waals surface area contributed by atoms with Crippen molar-refractivity contribution in [3.63, 3.8) is 0 Å². The van der Waals surface area contributed by atoms with Gasteiger partial charge in [0.2, 0.25) is 11.8 Å². The Morgan fingerprint density at radius 2 is 1.74 bits per heavy atom. The van der Waals surface area contributed by atoms with E-state index in [-0.39, 0.29) is 24.8 Å². The highest BCUT2D eigenvalue weighted by atomic mass is 35.5. The van der Waals surface area contributed by atoms with Crippen LogP contribution in [0.3, 0.4) is 0 Å². The van der Waals surface area contributed by atoms with Crippen molar-refractivity contribution in [2.24, 2.45) is 5.92 Å². The highest BCUT2D eigenvalue weighted by Gasteiger charge is 2.35. The number of benzene rings is 2. The molecule has 3 aromatic heterocycles. The Balaban J connectivity index is 1.29. The van der Waals surface area contributed by atoms with Gasteiger partial charge in [-0.15, -0.1) is 0 Å². The summed E-state index contributed by atoms with van der Waals surface area (Å²) in [7, 11) is 0. The van der Waals surface area contributed by atoms with Crippen LogP contribution in [0.4, 0.5) is 11.5 Å². The van der Waals surface area contributed by atoms with Crippen molar-refractivity contribution in [2.75, 3.05) is 16.8 Å². The zero-order valence-corrected chi connectivity index (χ0v) is 22.3. The van der Waals surface area contributed by atoms with E-state index < -0.39 is 5.92 Å². The van der Waals surface area contributed by atoms with E-state index in [1.807, 2.05) is 19.1 Å². The number of rotatable bonds is 5. The van der Waals surface area contributed by atoms with Crippen molar-refractivity contribution in [3.8, 4) is 11.5 Å². The number of fused-ring (bicyclic) bond motifs is 1. The molecule has 0 aliphatic carbocycles. The van der Waals surface area contributed by atoms with Crippen molar-refractivity contribution in [1.82, 2.24) is 29.5 Å². The van der Waals surface area contributed by atoms with Crippen molar-refractivity contribution >= 4 is 46.0 Å². The summed E-state index contributed by atoms with van der Waals surface area (Å²) in [4.78, 5) is 36.6. The van der Waals surface area contributed by atoms with Crippen molar-refractivity contribution in [3.05, 3.63) is 82.9 Å². The lowest BCUT2D eigenvalue weighted by molar-refractivity contribution is -0.122. The van der Waals surface area contributed by atoms with Crippen LogP contribution >= 0.6 is 11.6 Å². The van der Waals surface area contributed by atoms with E-state index in [1.165, 1.54) is 11.9 Å². The first-order valence-corrected chi connectivity index (χ1v) is 12.9. The molecule has 5 aromatic rings. The average Bonchev–Trinajstić information content (AvgIpc) is 3.62. The zero-order valence-electron chi connectivity index (χ0n) is 21.6. The molecule has 0 radical (unpaired) electrons. The zero-order chi connectivity index (χ0) is 27.3. The van der Waals surface area contributed by atoms with Crippen LogP contribution in [-0.4, -0.2) is 47.9 Å². The van der Waals surface area contributed by atoms with Gasteiger partial charge >= 0.3 is 0 Å². The Bertz CT molecular complexity index is 1740. The van der Waals surface area contributed by atoms with E-state index in [1.54, 1.807) is 50.8 Å². The second-order valence-electron chi connectivity index (χ2n) is 9.71. The molecule has 196 valence electrons. The van der Waals surface area contributed by atoms with Crippen LogP contribution in [0.2, 0.25) is 5.02 Å². The predicted octanol–water partition coefficient (Wildman–Crippen LogP) is 4.57. The molecule has 4 heterocycles. The van der Waals surface area contributed by atoms with Crippen LogP contribution in [0.15, 0.2) is 61.1 Å².